The lowest BCUT2D eigenvalue weighted by atomic mass is 10.1. The van der Waals surface area contributed by atoms with Gasteiger partial charge in [-0.1, -0.05) is 25.7 Å². The molecule has 1 saturated heterocycles. The van der Waals surface area contributed by atoms with Gasteiger partial charge in [-0.05, 0) is 25.0 Å². The van der Waals surface area contributed by atoms with E-state index < -0.39 is 39.9 Å². The van der Waals surface area contributed by atoms with Gasteiger partial charge >= 0.3 is 10.2 Å². The monoisotopic (exact) mass is 451 g/mol. The molecule has 4 N–H and O–H groups in total. The number of phenols is 1. The van der Waals surface area contributed by atoms with Gasteiger partial charge in [0.15, 0.2) is 11.6 Å². The highest BCUT2D eigenvalue weighted by Gasteiger charge is 2.37. The van der Waals surface area contributed by atoms with Crippen LogP contribution in [0.3, 0.4) is 0 Å². The Hall–Kier alpha value is -3.15. The summed E-state index contributed by atoms with van der Waals surface area (Å²) < 4.78 is 40.8. The minimum Gasteiger partial charge on any atom is -0.506 e. The average Bonchev–Trinajstić information content (AvgIpc) is 3.18. The average molecular weight is 451 g/mol. The Balaban J connectivity index is 1.55. The number of imidazole rings is 1. The van der Waals surface area contributed by atoms with E-state index in [0.717, 1.165) is 50.7 Å². The summed E-state index contributed by atoms with van der Waals surface area (Å²) in [6.45, 7) is -0.637. The standard InChI is InChI=1S/C19H22FN5O5S/c20-13-7-11(8-15(26)17(13)25-10-16(27)24-31(25,29)30)14-9-21-18(23-14)19(28)22-12-5-3-1-2-4-6-12/h7-9,12,26H,1-6,10H2,(H,21,23)(H,22,28)(H,24,27). The second-order valence-electron chi connectivity index (χ2n) is 7.67. The number of aromatic hydroxyl groups is 1. The normalized spacial score (nSPS) is 19.1. The fraction of sp³-hybridized carbons (Fsp3) is 0.421. The van der Waals surface area contributed by atoms with E-state index in [-0.39, 0.29) is 29.0 Å². The number of nitrogens with one attached hydrogen (secondary N) is 3. The maximum absolute atomic E-state index is 14.7. The molecule has 2 aromatic rings. The molecule has 31 heavy (non-hydrogen) atoms. The van der Waals surface area contributed by atoms with Gasteiger partial charge < -0.3 is 15.4 Å². The molecule has 1 aromatic carbocycles. The van der Waals surface area contributed by atoms with E-state index in [4.69, 9.17) is 0 Å². The van der Waals surface area contributed by atoms with E-state index in [1.165, 1.54) is 6.20 Å². The summed E-state index contributed by atoms with van der Waals surface area (Å²) in [4.78, 5) is 30.7. The highest BCUT2D eigenvalue weighted by molar-refractivity contribution is 7.92. The van der Waals surface area contributed by atoms with Crippen LogP contribution in [-0.2, 0) is 15.0 Å². The predicted octanol–water partition coefficient (Wildman–Crippen LogP) is 1.55. The summed E-state index contributed by atoms with van der Waals surface area (Å²) in [6, 6.07) is 2.22. The quantitative estimate of drug-likeness (QED) is 0.519. The molecule has 1 saturated carbocycles. The number of hydrogen-bond acceptors (Lipinski definition) is 6. The number of H-pyrrole nitrogens is 1. The number of phenolic OH excluding ortho intramolecular Hbond substituents is 1. The summed E-state index contributed by atoms with van der Waals surface area (Å²) in [7, 11) is -4.28. The van der Waals surface area contributed by atoms with Crippen molar-refractivity contribution in [2.75, 3.05) is 10.8 Å². The first kappa shape index (κ1) is 21.1. The van der Waals surface area contributed by atoms with Crippen LogP contribution in [0.5, 0.6) is 5.75 Å². The van der Waals surface area contributed by atoms with Crippen molar-refractivity contribution in [3.8, 4) is 17.0 Å². The highest BCUT2D eigenvalue weighted by atomic mass is 32.2. The number of aromatic nitrogens is 2. The highest BCUT2D eigenvalue weighted by Crippen LogP contribution is 2.37. The number of benzene rings is 1. The van der Waals surface area contributed by atoms with Crippen LogP contribution >= 0.6 is 0 Å². The maximum Gasteiger partial charge on any atom is 0.326 e. The molecule has 2 fully saturated rings. The number of anilines is 1. The fourth-order valence-corrected chi connectivity index (χ4v) is 5.06. The largest absolute Gasteiger partial charge is 0.506 e. The SMILES string of the molecule is O=C1CN(c2c(O)cc(-c3cnc(C(=O)NC4CCCCCC4)[nH]3)cc2F)S(=O)(=O)N1. The molecule has 1 aliphatic heterocycles. The number of nitrogens with zero attached hydrogens (tertiary/aromatic N) is 2. The molecule has 0 atom stereocenters. The second-order valence-corrected chi connectivity index (χ2v) is 9.27. The van der Waals surface area contributed by atoms with Crippen molar-refractivity contribution >= 4 is 27.7 Å². The van der Waals surface area contributed by atoms with Crippen molar-refractivity contribution in [1.29, 1.82) is 0 Å². The van der Waals surface area contributed by atoms with Crippen molar-refractivity contribution in [3.05, 3.63) is 30.0 Å². The third-order valence-electron chi connectivity index (χ3n) is 5.41. The topological polar surface area (TPSA) is 144 Å². The molecule has 0 radical (unpaired) electrons. The van der Waals surface area contributed by atoms with Crippen LogP contribution in [-0.4, -0.2) is 47.9 Å². The first-order valence-electron chi connectivity index (χ1n) is 9.96. The number of hydrogen-bond donors (Lipinski definition) is 4. The van der Waals surface area contributed by atoms with Crippen LogP contribution < -0.4 is 14.3 Å². The number of carbonyl (C=O) groups is 2. The smallest absolute Gasteiger partial charge is 0.326 e. The third kappa shape index (κ3) is 4.33. The molecule has 2 amide bonds. The van der Waals surface area contributed by atoms with E-state index in [1.54, 1.807) is 4.72 Å². The Labute approximate surface area is 178 Å². The Morgan fingerprint density at radius 1 is 1.23 bits per heavy atom. The van der Waals surface area contributed by atoms with E-state index in [1.807, 2.05) is 0 Å². The number of carbonyl (C=O) groups excluding carboxylic acids is 2. The van der Waals surface area contributed by atoms with Crippen LogP contribution in [0, 0.1) is 5.82 Å². The summed E-state index contributed by atoms with van der Waals surface area (Å²) in [5, 5.41) is 13.2. The minimum absolute atomic E-state index is 0.0557. The van der Waals surface area contributed by atoms with E-state index in [2.05, 4.69) is 15.3 Å². The van der Waals surface area contributed by atoms with Crippen LogP contribution in [0.2, 0.25) is 0 Å². The molecule has 0 unspecified atom stereocenters. The summed E-state index contributed by atoms with van der Waals surface area (Å²) in [5.41, 5.74) is -0.200. The Kier molecular flexibility index (Phi) is 5.56. The number of halogens is 1. The molecule has 1 aliphatic carbocycles. The van der Waals surface area contributed by atoms with Crippen molar-refractivity contribution in [2.24, 2.45) is 0 Å². The second kappa shape index (κ2) is 8.17. The number of aromatic amines is 1. The fourth-order valence-electron chi connectivity index (χ4n) is 3.89. The summed E-state index contributed by atoms with van der Waals surface area (Å²) in [6.07, 6.45) is 7.59. The van der Waals surface area contributed by atoms with Gasteiger partial charge in [0.05, 0.1) is 11.9 Å². The van der Waals surface area contributed by atoms with Gasteiger partial charge in [0.1, 0.15) is 18.0 Å². The zero-order chi connectivity index (χ0) is 22.2. The molecule has 2 aliphatic rings. The van der Waals surface area contributed by atoms with Crippen LogP contribution in [0.15, 0.2) is 18.3 Å². The lowest BCUT2D eigenvalue weighted by molar-refractivity contribution is -0.117. The molecular formula is C19H22FN5O5S. The van der Waals surface area contributed by atoms with Gasteiger partial charge in [-0.3, -0.25) is 9.59 Å². The molecule has 10 nitrogen and oxygen atoms in total. The lowest BCUT2D eigenvalue weighted by Crippen LogP contribution is -2.35. The molecule has 1 aromatic heterocycles. The molecule has 166 valence electrons. The Bertz CT molecular complexity index is 1100. The zero-order valence-corrected chi connectivity index (χ0v) is 17.3. The van der Waals surface area contributed by atoms with Crippen molar-refractivity contribution in [1.82, 2.24) is 20.0 Å². The molecule has 4 rings (SSSR count). The summed E-state index contributed by atoms with van der Waals surface area (Å²) in [5.74, 6) is -2.86. The van der Waals surface area contributed by atoms with Crippen LogP contribution in [0.4, 0.5) is 10.1 Å². The molecule has 12 heteroatoms. The number of amides is 2. The molecule has 2 heterocycles. The Morgan fingerprint density at radius 3 is 2.55 bits per heavy atom. The van der Waals surface area contributed by atoms with Crippen LogP contribution in [0.25, 0.3) is 11.3 Å². The van der Waals surface area contributed by atoms with E-state index in [9.17, 15) is 27.5 Å². The van der Waals surface area contributed by atoms with Crippen LogP contribution in [0.1, 0.15) is 49.1 Å². The van der Waals surface area contributed by atoms with Gasteiger partial charge in [-0.2, -0.15) is 8.42 Å². The first-order valence-corrected chi connectivity index (χ1v) is 11.4. The molecule has 0 bridgehead atoms. The van der Waals surface area contributed by atoms with Crippen molar-refractivity contribution < 1.29 is 27.5 Å². The zero-order valence-electron chi connectivity index (χ0n) is 16.5. The van der Waals surface area contributed by atoms with Gasteiger partial charge in [0.25, 0.3) is 11.8 Å². The molecular weight excluding hydrogens is 429 g/mol. The van der Waals surface area contributed by atoms with Gasteiger partial charge in [-0.15, -0.1) is 0 Å². The summed E-state index contributed by atoms with van der Waals surface area (Å²) >= 11 is 0. The third-order valence-corrected chi connectivity index (χ3v) is 6.78. The van der Waals surface area contributed by atoms with Crippen molar-refractivity contribution in [3.63, 3.8) is 0 Å². The Morgan fingerprint density at radius 2 is 1.94 bits per heavy atom. The van der Waals surface area contributed by atoms with E-state index in [0.29, 0.717) is 4.31 Å². The molecule has 0 spiro atoms. The lowest BCUT2D eigenvalue weighted by Gasteiger charge is -2.17. The van der Waals surface area contributed by atoms with Gasteiger partial charge in [0, 0.05) is 11.6 Å². The van der Waals surface area contributed by atoms with Gasteiger partial charge in [-0.25, -0.2) is 18.4 Å². The predicted molar refractivity (Wildman–Crippen MR) is 109 cm³/mol. The maximum atomic E-state index is 14.7. The van der Waals surface area contributed by atoms with Gasteiger partial charge in [0.2, 0.25) is 0 Å². The number of rotatable bonds is 4. The first-order chi connectivity index (χ1) is 14.7. The van der Waals surface area contributed by atoms with E-state index >= 15 is 0 Å². The van der Waals surface area contributed by atoms with Crippen molar-refractivity contribution in [2.45, 2.75) is 44.6 Å². The minimum atomic E-state index is -4.28.